The maximum Gasteiger partial charge on any atom is 0.141 e. The van der Waals surface area contributed by atoms with Crippen LogP contribution >= 0.6 is 23.7 Å². The molecule has 0 atom stereocenters. The highest BCUT2D eigenvalue weighted by atomic mass is 35.5. The van der Waals surface area contributed by atoms with Crippen molar-refractivity contribution in [3.05, 3.63) is 46.7 Å². The first-order valence-electron chi connectivity index (χ1n) is 6.77. The monoisotopic (exact) mass is 322 g/mol. The topological polar surface area (TPSA) is 53.6 Å². The quantitative estimate of drug-likeness (QED) is 0.674. The van der Waals surface area contributed by atoms with Gasteiger partial charge in [0.15, 0.2) is 0 Å². The molecule has 112 valence electrons. The Kier molecular flexibility index (Phi) is 5.61. The summed E-state index contributed by atoms with van der Waals surface area (Å²) in [6, 6.07) is 12.2. The zero-order valence-corrected chi connectivity index (χ0v) is 13.3. The van der Waals surface area contributed by atoms with Crippen LogP contribution in [0.1, 0.15) is 4.88 Å². The Balaban J connectivity index is 0.00000161. The molecule has 1 aromatic heterocycles. The maximum atomic E-state index is 6.04. The summed E-state index contributed by atoms with van der Waals surface area (Å²) >= 11 is 1.61. The Hall–Kier alpha value is -1.56. The fraction of sp³-hybridized carbons (Fsp3) is 0.267. The molecule has 6 heteroatoms. The van der Waals surface area contributed by atoms with Crippen molar-refractivity contribution in [3.8, 4) is 0 Å². The van der Waals surface area contributed by atoms with Crippen molar-refractivity contribution in [1.82, 2.24) is 5.32 Å². The average Bonchev–Trinajstić information content (AvgIpc) is 3.03. The minimum absolute atomic E-state index is 0. The first-order valence-corrected chi connectivity index (χ1v) is 7.65. The third-order valence-electron chi connectivity index (χ3n) is 3.34. The van der Waals surface area contributed by atoms with Gasteiger partial charge in [-0.25, -0.2) is 4.99 Å². The molecule has 0 bridgehead atoms. The lowest BCUT2D eigenvalue weighted by Crippen LogP contribution is -2.43. The van der Waals surface area contributed by atoms with Crippen LogP contribution in [0.15, 0.2) is 46.8 Å². The van der Waals surface area contributed by atoms with Crippen LogP contribution in [-0.2, 0) is 0 Å². The van der Waals surface area contributed by atoms with Crippen molar-refractivity contribution in [2.45, 2.75) is 0 Å². The number of nitrogens with one attached hydrogen (secondary N) is 1. The van der Waals surface area contributed by atoms with Gasteiger partial charge in [0.1, 0.15) is 5.84 Å². The second kappa shape index (κ2) is 7.45. The van der Waals surface area contributed by atoms with Crippen LogP contribution in [0.25, 0.3) is 0 Å². The van der Waals surface area contributed by atoms with Crippen molar-refractivity contribution in [2.75, 3.05) is 31.1 Å². The largest absolute Gasteiger partial charge is 0.383 e. The zero-order valence-electron chi connectivity index (χ0n) is 11.7. The van der Waals surface area contributed by atoms with Gasteiger partial charge < -0.3 is 16.0 Å². The molecule has 21 heavy (non-hydrogen) atoms. The molecule has 1 aliphatic rings. The lowest BCUT2D eigenvalue weighted by Gasteiger charge is -2.29. The second-order valence-electron chi connectivity index (χ2n) is 4.73. The van der Waals surface area contributed by atoms with E-state index in [9.17, 15) is 0 Å². The van der Waals surface area contributed by atoms with Gasteiger partial charge in [-0.15, -0.1) is 23.7 Å². The van der Waals surface area contributed by atoms with E-state index < -0.39 is 0 Å². The van der Waals surface area contributed by atoms with Crippen LogP contribution in [-0.4, -0.2) is 32.0 Å². The van der Waals surface area contributed by atoms with Crippen molar-refractivity contribution >= 4 is 41.0 Å². The number of nitrogens with two attached hydrogens (primary N) is 1. The Morgan fingerprint density at radius 1 is 1.19 bits per heavy atom. The number of anilines is 1. The van der Waals surface area contributed by atoms with Crippen LogP contribution in [0.4, 0.5) is 11.4 Å². The van der Waals surface area contributed by atoms with E-state index in [2.05, 4.69) is 27.3 Å². The van der Waals surface area contributed by atoms with Gasteiger partial charge in [-0.05, 0) is 29.6 Å². The van der Waals surface area contributed by atoms with Gasteiger partial charge >= 0.3 is 0 Å². The maximum absolute atomic E-state index is 6.04. The molecule has 0 aliphatic carbocycles. The van der Waals surface area contributed by atoms with Gasteiger partial charge in [-0.2, -0.15) is 0 Å². The highest BCUT2D eigenvalue weighted by Gasteiger charge is 2.10. The van der Waals surface area contributed by atoms with Crippen molar-refractivity contribution in [3.63, 3.8) is 0 Å². The molecule has 0 amide bonds. The van der Waals surface area contributed by atoms with E-state index in [-0.39, 0.29) is 12.4 Å². The molecule has 1 fully saturated rings. The van der Waals surface area contributed by atoms with E-state index in [1.807, 2.05) is 29.6 Å². The Morgan fingerprint density at radius 3 is 2.71 bits per heavy atom. The van der Waals surface area contributed by atoms with Gasteiger partial charge in [0, 0.05) is 31.9 Å². The predicted molar refractivity (Wildman–Crippen MR) is 93.5 cm³/mol. The van der Waals surface area contributed by atoms with Crippen molar-refractivity contribution < 1.29 is 0 Å². The molecule has 1 saturated heterocycles. The number of halogens is 1. The van der Waals surface area contributed by atoms with Gasteiger partial charge in [-0.3, -0.25) is 0 Å². The molecule has 0 saturated carbocycles. The minimum atomic E-state index is 0. The fourth-order valence-electron chi connectivity index (χ4n) is 2.30. The summed E-state index contributed by atoms with van der Waals surface area (Å²) in [5, 5.41) is 5.37. The standard InChI is InChI=1S/C15H18N4S.ClH/c16-15(14-5-2-10-20-14)18-12-3-1-4-13(11-12)19-8-6-17-7-9-19;/h1-5,10-11,17H,6-9H2,(H2,16,18);1H. The number of benzene rings is 1. The molecule has 3 N–H and O–H groups in total. The van der Waals surface area contributed by atoms with Crippen LogP contribution in [0.5, 0.6) is 0 Å². The lowest BCUT2D eigenvalue weighted by molar-refractivity contribution is 0.589. The van der Waals surface area contributed by atoms with Gasteiger partial charge in [0.2, 0.25) is 0 Å². The summed E-state index contributed by atoms with van der Waals surface area (Å²) in [4.78, 5) is 7.90. The fourth-order valence-corrected chi connectivity index (χ4v) is 2.93. The van der Waals surface area contributed by atoms with Crippen LogP contribution in [0.3, 0.4) is 0 Å². The molecule has 2 aromatic rings. The summed E-state index contributed by atoms with van der Waals surface area (Å²) in [5.41, 5.74) is 8.16. The molecule has 4 nitrogen and oxygen atoms in total. The minimum Gasteiger partial charge on any atom is -0.383 e. The molecule has 1 aliphatic heterocycles. The molecule has 3 rings (SSSR count). The van der Waals surface area contributed by atoms with Crippen LogP contribution in [0.2, 0.25) is 0 Å². The average molecular weight is 323 g/mol. The zero-order chi connectivity index (χ0) is 13.8. The number of hydrogen-bond acceptors (Lipinski definition) is 4. The molecule has 0 unspecified atom stereocenters. The number of aliphatic imine (C=N–C) groups is 1. The Morgan fingerprint density at radius 2 is 2.00 bits per heavy atom. The molecule has 2 heterocycles. The number of piperazine rings is 1. The first kappa shape index (κ1) is 15.8. The SMILES string of the molecule is Cl.N/C(=N\c1cccc(N2CCNCC2)c1)c1cccs1. The van der Waals surface area contributed by atoms with Crippen LogP contribution in [0, 0.1) is 0 Å². The Bertz CT molecular complexity index is 591. The molecular formula is C15H19ClN4S. The van der Waals surface area contributed by atoms with E-state index in [0.29, 0.717) is 5.84 Å². The number of hydrogen-bond donors (Lipinski definition) is 2. The lowest BCUT2D eigenvalue weighted by atomic mass is 10.2. The molecule has 1 aromatic carbocycles. The third-order valence-corrected chi connectivity index (χ3v) is 4.23. The van der Waals surface area contributed by atoms with Gasteiger partial charge in [0.05, 0.1) is 10.6 Å². The summed E-state index contributed by atoms with van der Waals surface area (Å²) in [6.45, 7) is 4.14. The summed E-state index contributed by atoms with van der Waals surface area (Å²) in [5.74, 6) is 0.581. The number of thiophene rings is 1. The Labute approximate surface area is 135 Å². The highest BCUT2D eigenvalue weighted by Crippen LogP contribution is 2.22. The third kappa shape index (κ3) is 3.97. The van der Waals surface area contributed by atoms with E-state index >= 15 is 0 Å². The van der Waals surface area contributed by atoms with E-state index in [0.717, 1.165) is 36.7 Å². The summed E-state index contributed by atoms with van der Waals surface area (Å²) < 4.78 is 0. The van der Waals surface area contributed by atoms with E-state index in [1.165, 1.54) is 5.69 Å². The van der Waals surface area contributed by atoms with Crippen LogP contribution < -0.4 is 16.0 Å². The van der Waals surface area contributed by atoms with Crippen molar-refractivity contribution in [2.24, 2.45) is 10.7 Å². The predicted octanol–water partition coefficient (Wildman–Crippen LogP) is 2.62. The molecular weight excluding hydrogens is 304 g/mol. The summed E-state index contributed by atoms with van der Waals surface area (Å²) in [6.07, 6.45) is 0. The van der Waals surface area contributed by atoms with Gasteiger partial charge in [-0.1, -0.05) is 12.1 Å². The number of amidine groups is 1. The molecule has 0 radical (unpaired) electrons. The smallest absolute Gasteiger partial charge is 0.141 e. The second-order valence-corrected chi connectivity index (χ2v) is 5.68. The summed E-state index contributed by atoms with van der Waals surface area (Å²) in [7, 11) is 0. The van der Waals surface area contributed by atoms with E-state index in [1.54, 1.807) is 11.3 Å². The highest BCUT2D eigenvalue weighted by molar-refractivity contribution is 7.12. The van der Waals surface area contributed by atoms with Gasteiger partial charge in [0.25, 0.3) is 0 Å². The number of rotatable bonds is 3. The van der Waals surface area contributed by atoms with E-state index in [4.69, 9.17) is 5.73 Å². The first-order chi connectivity index (χ1) is 9.83. The van der Waals surface area contributed by atoms with Crippen molar-refractivity contribution in [1.29, 1.82) is 0 Å². The molecule has 0 spiro atoms. The number of nitrogens with zero attached hydrogens (tertiary/aromatic N) is 2. The normalized spacial score (nSPS) is 15.6.